The molecule has 1 aromatic carbocycles. The standard InChI is InChI=1S/C15H14F3NO6S/c1-7(20)19-11(6-26-8(2)21)14(24)25-12-5-9(15(16,17)18)3-4-10(12)13(22)23/h3-5,11H,6H2,1-2H3,(H,19,20)(H,22,23)/t11-/m1/s1. The summed E-state index contributed by atoms with van der Waals surface area (Å²) in [5.41, 5.74) is -1.87. The van der Waals surface area contributed by atoms with E-state index in [0.717, 1.165) is 6.92 Å². The van der Waals surface area contributed by atoms with Crippen LogP contribution in [-0.2, 0) is 20.6 Å². The zero-order chi connectivity index (χ0) is 20.1. The quantitative estimate of drug-likeness (QED) is 0.563. The molecule has 0 saturated heterocycles. The summed E-state index contributed by atoms with van der Waals surface area (Å²) in [7, 11) is 0. The second kappa shape index (κ2) is 8.70. The molecule has 142 valence electrons. The van der Waals surface area contributed by atoms with Crippen molar-refractivity contribution < 1.29 is 42.2 Å². The van der Waals surface area contributed by atoms with Gasteiger partial charge in [-0.1, -0.05) is 11.8 Å². The molecule has 0 saturated carbocycles. The van der Waals surface area contributed by atoms with Gasteiger partial charge >= 0.3 is 18.1 Å². The highest BCUT2D eigenvalue weighted by atomic mass is 32.2. The van der Waals surface area contributed by atoms with Crippen molar-refractivity contribution in [1.29, 1.82) is 0 Å². The number of nitrogens with one attached hydrogen (secondary N) is 1. The molecule has 7 nitrogen and oxygen atoms in total. The number of aromatic carboxylic acids is 1. The normalized spacial score (nSPS) is 12.2. The molecule has 0 bridgehead atoms. The molecule has 0 radical (unpaired) electrons. The maximum Gasteiger partial charge on any atom is 0.416 e. The van der Waals surface area contributed by atoms with Crippen LogP contribution in [0.25, 0.3) is 0 Å². The van der Waals surface area contributed by atoms with Gasteiger partial charge in [-0.3, -0.25) is 9.59 Å². The van der Waals surface area contributed by atoms with E-state index in [9.17, 15) is 32.3 Å². The van der Waals surface area contributed by atoms with Gasteiger partial charge in [0.2, 0.25) is 5.91 Å². The molecule has 11 heteroatoms. The number of carboxylic acids is 1. The predicted molar refractivity (Wildman–Crippen MR) is 84.8 cm³/mol. The van der Waals surface area contributed by atoms with Crippen molar-refractivity contribution in [3.05, 3.63) is 29.3 Å². The average molecular weight is 393 g/mol. The second-order valence-corrected chi connectivity index (χ2v) is 6.19. The number of thioether (sulfide) groups is 1. The van der Waals surface area contributed by atoms with Gasteiger partial charge < -0.3 is 15.2 Å². The number of benzene rings is 1. The third kappa shape index (κ3) is 6.39. The monoisotopic (exact) mass is 393 g/mol. The van der Waals surface area contributed by atoms with Gasteiger partial charge in [-0.2, -0.15) is 13.2 Å². The summed E-state index contributed by atoms with van der Waals surface area (Å²) in [6.45, 7) is 2.31. The molecule has 0 aromatic heterocycles. The van der Waals surface area contributed by atoms with Crippen LogP contribution >= 0.6 is 11.8 Å². The fraction of sp³-hybridized carbons (Fsp3) is 0.333. The number of esters is 1. The van der Waals surface area contributed by atoms with E-state index in [1.807, 2.05) is 0 Å². The van der Waals surface area contributed by atoms with Crippen LogP contribution in [0, 0.1) is 0 Å². The van der Waals surface area contributed by atoms with Crippen LogP contribution in [0.5, 0.6) is 5.75 Å². The summed E-state index contributed by atoms with van der Waals surface area (Å²) in [5, 5.41) is 10.9. The second-order valence-electron chi connectivity index (χ2n) is 4.99. The highest BCUT2D eigenvalue weighted by Crippen LogP contribution is 2.33. The molecule has 0 spiro atoms. The van der Waals surface area contributed by atoms with Gasteiger partial charge in [0.25, 0.3) is 0 Å². The van der Waals surface area contributed by atoms with E-state index >= 15 is 0 Å². The Balaban J connectivity index is 3.15. The number of carbonyl (C=O) groups is 4. The van der Waals surface area contributed by atoms with E-state index in [1.54, 1.807) is 0 Å². The minimum atomic E-state index is -4.78. The van der Waals surface area contributed by atoms with Crippen molar-refractivity contribution >= 4 is 34.7 Å². The summed E-state index contributed by atoms with van der Waals surface area (Å²) < 4.78 is 43.2. The number of halogens is 3. The Hall–Kier alpha value is -2.56. The highest BCUT2D eigenvalue weighted by Gasteiger charge is 2.33. The van der Waals surface area contributed by atoms with E-state index in [2.05, 4.69) is 5.32 Å². The van der Waals surface area contributed by atoms with Crippen molar-refractivity contribution in [2.75, 3.05) is 5.75 Å². The largest absolute Gasteiger partial charge is 0.478 e. The number of hydrogen-bond acceptors (Lipinski definition) is 6. The minimum absolute atomic E-state index is 0.227. The molecule has 26 heavy (non-hydrogen) atoms. The predicted octanol–water partition coefficient (Wildman–Crippen LogP) is 2.09. The third-order valence-electron chi connectivity index (χ3n) is 2.87. The summed E-state index contributed by atoms with van der Waals surface area (Å²) in [5.74, 6) is -4.49. The van der Waals surface area contributed by atoms with Gasteiger partial charge in [0.05, 0.1) is 5.56 Å². The Morgan fingerprint density at radius 1 is 1.23 bits per heavy atom. The topological polar surface area (TPSA) is 110 Å². The van der Waals surface area contributed by atoms with Crippen LogP contribution < -0.4 is 10.1 Å². The van der Waals surface area contributed by atoms with Crippen molar-refractivity contribution in [2.24, 2.45) is 0 Å². The molecule has 1 atom stereocenters. The molecule has 0 fully saturated rings. The lowest BCUT2D eigenvalue weighted by atomic mass is 10.1. The van der Waals surface area contributed by atoms with Gasteiger partial charge in [-0.25, -0.2) is 9.59 Å². The van der Waals surface area contributed by atoms with Crippen LogP contribution in [0.3, 0.4) is 0 Å². The molecule has 1 aromatic rings. The zero-order valence-corrected chi connectivity index (χ0v) is 14.4. The van der Waals surface area contributed by atoms with Crippen LogP contribution in [0.4, 0.5) is 13.2 Å². The molecular formula is C15H14F3NO6S. The summed E-state index contributed by atoms with van der Waals surface area (Å²) >= 11 is 0.687. The first-order chi connectivity index (χ1) is 11.9. The minimum Gasteiger partial charge on any atom is -0.478 e. The SMILES string of the molecule is CC(=O)N[C@H](CSC(C)=O)C(=O)Oc1cc(C(F)(F)F)ccc1C(=O)O. The van der Waals surface area contributed by atoms with Crippen LogP contribution in [0.1, 0.15) is 29.8 Å². The molecule has 1 rings (SSSR count). The van der Waals surface area contributed by atoms with E-state index in [-0.39, 0.29) is 10.9 Å². The van der Waals surface area contributed by atoms with E-state index in [0.29, 0.717) is 30.0 Å². The first kappa shape index (κ1) is 21.5. The van der Waals surface area contributed by atoms with Crippen molar-refractivity contribution in [3.8, 4) is 5.75 Å². The smallest absolute Gasteiger partial charge is 0.416 e. The van der Waals surface area contributed by atoms with E-state index in [1.165, 1.54) is 6.92 Å². The lowest BCUT2D eigenvalue weighted by Crippen LogP contribution is -2.44. The van der Waals surface area contributed by atoms with Gasteiger partial charge in [-0.05, 0) is 18.2 Å². The van der Waals surface area contributed by atoms with Gasteiger partial charge in [0.15, 0.2) is 5.12 Å². The summed E-state index contributed by atoms with van der Waals surface area (Å²) in [6.07, 6.45) is -4.78. The number of carbonyl (C=O) groups excluding carboxylic acids is 3. The van der Waals surface area contributed by atoms with Gasteiger partial charge in [-0.15, -0.1) is 0 Å². The van der Waals surface area contributed by atoms with Crippen LogP contribution in [0.2, 0.25) is 0 Å². The van der Waals surface area contributed by atoms with Gasteiger partial charge in [0.1, 0.15) is 17.4 Å². The average Bonchev–Trinajstić information content (AvgIpc) is 2.49. The maximum atomic E-state index is 12.8. The Morgan fingerprint density at radius 2 is 1.85 bits per heavy atom. The number of amides is 1. The van der Waals surface area contributed by atoms with Crippen molar-refractivity contribution in [3.63, 3.8) is 0 Å². The summed E-state index contributed by atoms with van der Waals surface area (Å²) in [4.78, 5) is 45.5. The van der Waals surface area contributed by atoms with Crippen LogP contribution in [0.15, 0.2) is 18.2 Å². The van der Waals surface area contributed by atoms with E-state index in [4.69, 9.17) is 9.84 Å². The first-order valence-electron chi connectivity index (χ1n) is 6.98. The molecule has 0 aliphatic rings. The fourth-order valence-corrected chi connectivity index (χ4v) is 2.37. The van der Waals surface area contributed by atoms with Crippen molar-refractivity contribution in [1.82, 2.24) is 5.32 Å². The molecular weight excluding hydrogens is 379 g/mol. The van der Waals surface area contributed by atoms with E-state index < -0.39 is 46.9 Å². The lowest BCUT2D eigenvalue weighted by Gasteiger charge is -2.17. The number of alkyl halides is 3. The lowest BCUT2D eigenvalue weighted by molar-refractivity contribution is -0.140. The molecule has 1 amide bonds. The molecule has 0 aliphatic heterocycles. The number of ether oxygens (including phenoxy) is 1. The first-order valence-corrected chi connectivity index (χ1v) is 7.97. The van der Waals surface area contributed by atoms with Crippen LogP contribution in [-0.4, -0.2) is 39.9 Å². The van der Waals surface area contributed by atoms with Gasteiger partial charge in [0, 0.05) is 19.6 Å². The number of rotatable bonds is 6. The summed E-state index contributed by atoms with van der Waals surface area (Å²) in [6, 6.07) is 0.227. The number of carboxylic acid groups (broad SMARTS) is 1. The maximum absolute atomic E-state index is 12.8. The molecule has 0 aliphatic carbocycles. The number of hydrogen-bond donors (Lipinski definition) is 2. The van der Waals surface area contributed by atoms with Crippen molar-refractivity contribution in [2.45, 2.75) is 26.1 Å². The Bertz CT molecular complexity index is 735. The highest BCUT2D eigenvalue weighted by molar-refractivity contribution is 8.13. The molecule has 2 N–H and O–H groups in total. The molecule has 0 unspecified atom stereocenters. The fourth-order valence-electron chi connectivity index (χ4n) is 1.75. The Morgan fingerprint density at radius 3 is 2.31 bits per heavy atom. The Labute approximate surface area is 149 Å². The molecule has 0 heterocycles. The third-order valence-corrected chi connectivity index (χ3v) is 3.77. The Kier molecular flexibility index (Phi) is 7.19. The zero-order valence-electron chi connectivity index (χ0n) is 13.5.